The van der Waals surface area contributed by atoms with Gasteiger partial charge in [-0.15, -0.1) is 0 Å². The van der Waals surface area contributed by atoms with Crippen molar-refractivity contribution in [3.05, 3.63) is 53.6 Å². The van der Waals surface area contributed by atoms with Gasteiger partial charge in [0, 0.05) is 46.1 Å². The number of anilines is 1. The van der Waals surface area contributed by atoms with Gasteiger partial charge in [-0.3, -0.25) is 4.79 Å². The lowest BCUT2D eigenvalue weighted by Gasteiger charge is -2.17. The number of rotatable bonds is 15. The molecule has 0 fully saturated rings. The Balaban J connectivity index is 1.58. The van der Waals surface area contributed by atoms with Crippen molar-refractivity contribution in [1.29, 1.82) is 0 Å². The summed E-state index contributed by atoms with van der Waals surface area (Å²) >= 11 is 6.26. The van der Waals surface area contributed by atoms with Gasteiger partial charge in [-0.05, 0) is 36.4 Å². The van der Waals surface area contributed by atoms with Gasteiger partial charge in [0.05, 0.1) is 23.8 Å². The molecule has 0 bridgehead atoms. The minimum atomic E-state index is -3.07. The number of aromatic nitrogens is 5. The number of hydrogen-bond donors (Lipinski definition) is 1. The summed E-state index contributed by atoms with van der Waals surface area (Å²) in [6, 6.07) is 8.01. The van der Waals surface area contributed by atoms with Crippen LogP contribution in [-0.2, 0) is 22.9 Å². The van der Waals surface area contributed by atoms with E-state index in [0.717, 1.165) is 12.1 Å². The van der Waals surface area contributed by atoms with Crippen LogP contribution in [0.15, 0.2) is 42.9 Å². The standard InChI is InChI=1S/C29H39ClF2N6O4Si2/c1-43(2,3)13-11-40-18-37-10-9-22-27(37)33-16-24(35-22)28(39)36-23-17-34-38(19-41-12-14-44(4,5)6)26(23)21-15-20(30)7-8-25(21)42-29(31)32/h7-10,15-17,29H,11-14,18-19H2,1-6H3,(H,36,39). The fourth-order valence-electron chi connectivity index (χ4n) is 4.18. The molecule has 0 aliphatic carbocycles. The van der Waals surface area contributed by atoms with Crippen molar-refractivity contribution in [2.45, 2.75) is 71.4 Å². The van der Waals surface area contributed by atoms with Crippen LogP contribution in [0.25, 0.3) is 22.4 Å². The van der Waals surface area contributed by atoms with Crippen LogP contribution in [0, 0.1) is 0 Å². The second-order valence-electron chi connectivity index (χ2n) is 12.8. The molecule has 3 heterocycles. The number of alkyl halides is 2. The highest BCUT2D eigenvalue weighted by Gasteiger charge is 2.23. The van der Waals surface area contributed by atoms with Crippen molar-refractivity contribution in [1.82, 2.24) is 24.3 Å². The molecular weight excluding hydrogens is 626 g/mol. The third-order valence-corrected chi connectivity index (χ3v) is 10.3. The van der Waals surface area contributed by atoms with Crippen LogP contribution in [0.1, 0.15) is 10.5 Å². The molecule has 1 amide bonds. The fourth-order valence-corrected chi connectivity index (χ4v) is 5.86. The molecule has 44 heavy (non-hydrogen) atoms. The first-order chi connectivity index (χ1) is 20.7. The van der Waals surface area contributed by atoms with Crippen LogP contribution >= 0.6 is 11.6 Å². The molecule has 0 aliphatic heterocycles. The number of halogens is 3. The van der Waals surface area contributed by atoms with E-state index in [0.29, 0.717) is 36.8 Å². The molecule has 15 heteroatoms. The van der Waals surface area contributed by atoms with Gasteiger partial charge in [0.2, 0.25) is 0 Å². The van der Waals surface area contributed by atoms with E-state index < -0.39 is 28.7 Å². The summed E-state index contributed by atoms with van der Waals surface area (Å²) in [5.74, 6) is -0.685. The highest BCUT2D eigenvalue weighted by Crippen LogP contribution is 2.38. The number of hydrogen-bond acceptors (Lipinski definition) is 7. The summed E-state index contributed by atoms with van der Waals surface area (Å²) in [7, 11) is -2.55. The smallest absolute Gasteiger partial charge is 0.387 e. The summed E-state index contributed by atoms with van der Waals surface area (Å²) in [6.45, 7) is 12.0. The number of nitrogens with zero attached hydrogens (tertiary/aromatic N) is 5. The minimum absolute atomic E-state index is 0.0234. The zero-order valence-electron chi connectivity index (χ0n) is 25.9. The predicted octanol–water partition coefficient (Wildman–Crippen LogP) is 7.43. The maximum Gasteiger partial charge on any atom is 0.387 e. The van der Waals surface area contributed by atoms with E-state index in [1.54, 1.807) is 6.07 Å². The Bertz CT molecular complexity index is 1590. The molecule has 0 atom stereocenters. The number of carbonyl (C=O) groups is 1. The van der Waals surface area contributed by atoms with Gasteiger partial charge in [0.25, 0.3) is 5.91 Å². The lowest BCUT2D eigenvalue weighted by atomic mass is 10.1. The minimum Gasteiger partial charge on any atom is -0.434 e. The zero-order valence-corrected chi connectivity index (χ0v) is 28.6. The van der Waals surface area contributed by atoms with Gasteiger partial charge >= 0.3 is 6.61 Å². The van der Waals surface area contributed by atoms with Crippen LogP contribution in [0.5, 0.6) is 5.75 Å². The van der Waals surface area contributed by atoms with E-state index >= 15 is 0 Å². The summed E-state index contributed by atoms with van der Waals surface area (Å²) in [6.07, 6.45) is 4.61. The number of nitrogens with one attached hydrogen (secondary N) is 1. The monoisotopic (exact) mass is 664 g/mol. The summed E-state index contributed by atoms with van der Waals surface area (Å²) in [5.41, 5.74) is 1.93. The highest BCUT2D eigenvalue weighted by molar-refractivity contribution is 6.76. The molecule has 4 rings (SSSR count). The molecule has 4 aromatic rings. The molecule has 0 unspecified atom stereocenters. The molecule has 0 aliphatic rings. The van der Waals surface area contributed by atoms with E-state index in [9.17, 15) is 13.6 Å². The maximum atomic E-state index is 13.4. The van der Waals surface area contributed by atoms with Crippen LogP contribution in [0.4, 0.5) is 14.5 Å². The van der Waals surface area contributed by atoms with E-state index in [4.69, 9.17) is 25.8 Å². The second kappa shape index (κ2) is 14.3. The largest absolute Gasteiger partial charge is 0.434 e. The third kappa shape index (κ3) is 9.41. The Morgan fingerprint density at radius 1 is 1.00 bits per heavy atom. The molecule has 10 nitrogen and oxygen atoms in total. The Kier molecular flexibility index (Phi) is 10.9. The summed E-state index contributed by atoms with van der Waals surface area (Å²) in [5, 5.41) is 7.47. The average Bonchev–Trinajstić information content (AvgIpc) is 3.52. The third-order valence-electron chi connectivity index (χ3n) is 6.63. The van der Waals surface area contributed by atoms with Crippen molar-refractivity contribution in [3.8, 4) is 17.0 Å². The van der Waals surface area contributed by atoms with Gasteiger partial charge in [0.1, 0.15) is 30.4 Å². The van der Waals surface area contributed by atoms with E-state index in [-0.39, 0.29) is 34.4 Å². The number of ether oxygens (including phenoxy) is 3. The Hall–Kier alpha value is -3.18. The van der Waals surface area contributed by atoms with E-state index in [1.165, 1.54) is 35.3 Å². The first-order valence-electron chi connectivity index (χ1n) is 14.3. The predicted molar refractivity (Wildman–Crippen MR) is 173 cm³/mol. The molecular formula is C29H39ClF2N6O4Si2. The lowest BCUT2D eigenvalue weighted by Crippen LogP contribution is -2.22. The number of amides is 1. The summed E-state index contributed by atoms with van der Waals surface area (Å²) < 4.78 is 46.4. The first kappa shape index (κ1) is 33.7. The van der Waals surface area contributed by atoms with Crippen LogP contribution in [0.3, 0.4) is 0 Å². The van der Waals surface area contributed by atoms with Gasteiger partial charge in [-0.2, -0.15) is 13.9 Å². The average molecular weight is 665 g/mol. The lowest BCUT2D eigenvalue weighted by molar-refractivity contribution is -0.0495. The molecule has 1 aromatic carbocycles. The van der Waals surface area contributed by atoms with Gasteiger partial charge in [-0.1, -0.05) is 50.9 Å². The van der Waals surface area contributed by atoms with Crippen molar-refractivity contribution in [2.24, 2.45) is 0 Å². The molecule has 1 N–H and O–H groups in total. The number of carbonyl (C=O) groups excluding carboxylic acids is 1. The van der Waals surface area contributed by atoms with E-state index in [1.807, 2.05) is 10.8 Å². The maximum absolute atomic E-state index is 13.4. The van der Waals surface area contributed by atoms with E-state index in [2.05, 4.69) is 59.7 Å². The Labute approximate surface area is 262 Å². The van der Waals surface area contributed by atoms with Crippen LogP contribution in [-0.4, -0.2) is 66.2 Å². The number of fused-ring (bicyclic) bond motifs is 1. The van der Waals surface area contributed by atoms with Crippen molar-refractivity contribution < 1.29 is 27.8 Å². The molecule has 238 valence electrons. The molecule has 0 saturated carbocycles. The van der Waals surface area contributed by atoms with Gasteiger partial charge in [-0.25, -0.2) is 14.6 Å². The summed E-state index contributed by atoms with van der Waals surface area (Å²) in [4.78, 5) is 22.3. The van der Waals surface area contributed by atoms with Gasteiger partial charge in [0.15, 0.2) is 5.65 Å². The second-order valence-corrected chi connectivity index (χ2v) is 24.5. The van der Waals surface area contributed by atoms with Crippen LogP contribution < -0.4 is 10.1 Å². The highest BCUT2D eigenvalue weighted by atomic mass is 35.5. The first-order valence-corrected chi connectivity index (χ1v) is 22.1. The van der Waals surface area contributed by atoms with Crippen molar-refractivity contribution in [2.75, 3.05) is 18.5 Å². The SMILES string of the molecule is C[Si](C)(C)CCOCn1ncc(NC(=O)c2cnc3c(ccn3COCC[Si](C)(C)C)n2)c1-c1cc(Cl)ccc1OC(F)F. The van der Waals surface area contributed by atoms with Crippen LogP contribution in [0.2, 0.25) is 56.4 Å². The van der Waals surface area contributed by atoms with Gasteiger partial charge < -0.3 is 24.1 Å². The Morgan fingerprint density at radius 3 is 2.34 bits per heavy atom. The topological polar surface area (TPSA) is 105 Å². The van der Waals surface area contributed by atoms with Crippen molar-refractivity contribution in [3.63, 3.8) is 0 Å². The molecule has 0 saturated heterocycles. The Morgan fingerprint density at radius 2 is 1.68 bits per heavy atom. The van der Waals surface area contributed by atoms with Crippen molar-refractivity contribution >= 4 is 50.5 Å². The quantitative estimate of drug-likeness (QED) is 0.104. The zero-order chi connectivity index (χ0) is 32.1. The molecule has 0 spiro atoms. The molecule has 0 radical (unpaired) electrons. The normalized spacial score (nSPS) is 12.3. The fraction of sp³-hybridized carbons (Fsp3) is 0.448. The molecule has 3 aromatic heterocycles. The number of benzene rings is 1.